The Morgan fingerprint density at radius 2 is 2.22 bits per heavy atom. The number of hydrogen-bond acceptors (Lipinski definition) is 5. The van der Waals surface area contributed by atoms with E-state index < -0.39 is 10.0 Å². The van der Waals surface area contributed by atoms with Gasteiger partial charge in [0.25, 0.3) is 0 Å². The van der Waals surface area contributed by atoms with Gasteiger partial charge >= 0.3 is 0 Å². The van der Waals surface area contributed by atoms with Gasteiger partial charge in [-0.15, -0.1) is 0 Å². The van der Waals surface area contributed by atoms with E-state index in [2.05, 4.69) is 14.8 Å². The minimum atomic E-state index is -3.59. The Labute approximate surface area is 105 Å². The molecule has 0 radical (unpaired) electrons. The smallest absolute Gasteiger partial charge is 0.241 e. The molecule has 0 amide bonds. The third kappa shape index (κ3) is 2.84. The molecule has 0 saturated heterocycles. The van der Waals surface area contributed by atoms with E-state index in [0.29, 0.717) is 5.69 Å². The lowest BCUT2D eigenvalue weighted by Gasteiger charge is -2.05. The number of aryl methyl sites for hydroxylation is 1. The van der Waals surface area contributed by atoms with Crippen LogP contribution in [0.2, 0.25) is 0 Å². The van der Waals surface area contributed by atoms with Crippen molar-refractivity contribution in [3.8, 4) is 0 Å². The van der Waals surface area contributed by atoms with Gasteiger partial charge in [0.15, 0.2) is 0 Å². The number of hydrogen-bond donors (Lipinski definition) is 2. The molecule has 2 aromatic heterocycles. The van der Waals surface area contributed by atoms with E-state index in [4.69, 9.17) is 5.73 Å². The standard InChI is InChI=1S/C10H13N5O2S/c1-15-5-3-8(14-15)7-13-18(16,17)9-2-4-12-10(11)6-9/h2-6,13H,7H2,1H3,(H2,11,12). The average Bonchev–Trinajstić information content (AvgIpc) is 2.73. The molecule has 0 bridgehead atoms. The predicted molar refractivity (Wildman–Crippen MR) is 65.9 cm³/mol. The van der Waals surface area contributed by atoms with Crippen LogP contribution in [0.3, 0.4) is 0 Å². The van der Waals surface area contributed by atoms with Crippen molar-refractivity contribution < 1.29 is 8.42 Å². The molecule has 0 aromatic carbocycles. The third-order valence-corrected chi connectivity index (χ3v) is 3.67. The zero-order valence-electron chi connectivity index (χ0n) is 9.74. The van der Waals surface area contributed by atoms with Crippen LogP contribution < -0.4 is 10.5 Å². The highest BCUT2D eigenvalue weighted by Crippen LogP contribution is 2.10. The van der Waals surface area contributed by atoms with Crippen molar-refractivity contribution in [2.75, 3.05) is 5.73 Å². The topological polar surface area (TPSA) is 103 Å². The molecule has 18 heavy (non-hydrogen) atoms. The molecule has 7 nitrogen and oxygen atoms in total. The fourth-order valence-corrected chi connectivity index (χ4v) is 2.43. The van der Waals surface area contributed by atoms with Crippen LogP contribution >= 0.6 is 0 Å². The molecule has 0 spiro atoms. The maximum Gasteiger partial charge on any atom is 0.241 e. The van der Waals surface area contributed by atoms with Crippen LogP contribution in [0, 0.1) is 0 Å². The van der Waals surface area contributed by atoms with Crippen molar-refractivity contribution in [3.05, 3.63) is 36.3 Å². The number of nitrogens with zero attached hydrogens (tertiary/aromatic N) is 3. The number of sulfonamides is 1. The van der Waals surface area contributed by atoms with Crippen molar-refractivity contribution in [1.82, 2.24) is 19.5 Å². The summed E-state index contributed by atoms with van der Waals surface area (Å²) in [7, 11) is -1.83. The highest BCUT2D eigenvalue weighted by atomic mass is 32.2. The molecule has 8 heteroatoms. The van der Waals surface area contributed by atoms with Gasteiger partial charge in [0, 0.05) is 25.5 Å². The molecule has 2 rings (SSSR count). The van der Waals surface area contributed by atoms with Crippen molar-refractivity contribution in [2.45, 2.75) is 11.4 Å². The Kier molecular flexibility index (Phi) is 3.30. The molecule has 2 heterocycles. The normalized spacial score (nSPS) is 11.6. The Balaban J connectivity index is 2.13. The molecule has 0 aliphatic heterocycles. The minimum absolute atomic E-state index is 0.0888. The molecule has 96 valence electrons. The lowest BCUT2D eigenvalue weighted by atomic mass is 10.4. The van der Waals surface area contributed by atoms with E-state index >= 15 is 0 Å². The summed E-state index contributed by atoms with van der Waals surface area (Å²) in [5.74, 6) is 0.163. The Morgan fingerprint density at radius 3 is 2.83 bits per heavy atom. The zero-order valence-corrected chi connectivity index (χ0v) is 10.6. The van der Waals surface area contributed by atoms with Crippen LogP contribution in [0.1, 0.15) is 5.69 Å². The van der Waals surface area contributed by atoms with Crippen LogP contribution in [0.15, 0.2) is 35.5 Å². The van der Waals surface area contributed by atoms with Crippen molar-refractivity contribution in [1.29, 1.82) is 0 Å². The Hall–Kier alpha value is -1.93. The summed E-state index contributed by atoms with van der Waals surface area (Å²) < 4.78 is 27.9. The lowest BCUT2D eigenvalue weighted by molar-refractivity contribution is 0.579. The summed E-state index contributed by atoms with van der Waals surface area (Å²) in [5.41, 5.74) is 6.09. The molecule has 2 aromatic rings. The van der Waals surface area contributed by atoms with Gasteiger partial charge in [-0.1, -0.05) is 0 Å². The van der Waals surface area contributed by atoms with E-state index in [0.717, 1.165) is 0 Å². The van der Waals surface area contributed by atoms with Crippen molar-refractivity contribution >= 4 is 15.8 Å². The molecular weight excluding hydrogens is 254 g/mol. The second kappa shape index (κ2) is 4.75. The quantitative estimate of drug-likeness (QED) is 0.803. The first-order valence-electron chi connectivity index (χ1n) is 5.17. The van der Waals surface area contributed by atoms with E-state index in [1.807, 2.05) is 0 Å². The monoisotopic (exact) mass is 267 g/mol. The van der Waals surface area contributed by atoms with E-state index in [9.17, 15) is 8.42 Å². The Morgan fingerprint density at radius 1 is 1.44 bits per heavy atom. The van der Waals surface area contributed by atoms with Crippen LogP contribution in [0.25, 0.3) is 0 Å². The highest BCUT2D eigenvalue weighted by molar-refractivity contribution is 7.89. The second-order valence-electron chi connectivity index (χ2n) is 3.72. The average molecular weight is 267 g/mol. The van der Waals surface area contributed by atoms with Crippen molar-refractivity contribution in [2.24, 2.45) is 7.05 Å². The van der Waals surface area contributed by atoms with Crippen LogP contribution in [-0.2, 0) is 23.6 Å². The first-order valence-corrected chi connectivity index (χ1v) is 6.65. The molecule has 0 saturated carbocycles. The van der Waals surface area contributed by atoms with Gasteiger partial charge in [-0.25, -0.2) is 18.1 Å². The minimum Gasteiger partial charge on any atom is -0.384 e. The lowest BCUT2D eigenvalue weighted by Crippen LogP contribution is -2.23. The van der Waals surface area contributed by atoms with Gasteiger partial charge in [-0.2, -0.15) is 5.10 Å². The fourth-order valence-electron chi connectivity index (χ4n) is 1.40. The van der Waals surface area contributed by atoms with Gasteiger partial charge < -0.3 is 5.73 Å². The van der Waals surface area contributed by atoms with Gasteiger partial charge in [0.1, 0.15) is 5.82 Å². The molecule has 0 atom stereocenters. The number of pyridine rings is 1. The van der Waals surface area contributed by atoms with Crippen LogP contribution in [-0.4, -0.2) is 23.2 Å². The third-order valence-electron chi connectivity index (χ3n) is 2.28. The number of nitrogens with one attached hydrogen (secondary N) is 1. The largest absolute Gasteiger partial charge is 0.384 e. The Bertz CT molecular complexity index is 650. The van der Waals surface area contributed by atoms with Gasteiger partial charge in [-0.3, -0.25) is 4.68 Å². The molecule has 3 N–H and O–H groups in total. The number of aromatic nitrogens is 3. The fraction of sp³-hybridized carbons (Fsp3) is 0.200. The molecular formula is C10H13N5O2S. The van der Waals surface area contributed by atoms with E-state index in [1.54, 1.807) is 24.0 Å². The number of anilines is 1. The first-order chi connectivity index (χ1) is 8.47. The molecule has 0 fully saturated rings. The summed E-state index contributed by atoms with van der Waals surface area (Å²) in [4.78, 5) is 3.83. The SMILES string of the molecule is Cn1ccc(CNS(=O)(=O)c2ccnc(N)c2)n1. The van der Waals surface area contributed by atoms with E-state index in [-0.39, 0.29) is 17.3 Å². The first kappa shape index (κ1) is 12.5. The maximum absolute atomic E-state index is 11.9. The maximum atomic E-state index is 11.9. The van der Waals surface area contributed by atoms with Crippen molar-refractivity contribution in [3.63, 3.8) is 0 Å². The molecule has 0 aliphatic rings. The van der Waals surface area contributed by atoms with E-state index in [1.165, 1.54) is 18.3 Å². The van der Waals surface area contributed by atoms with Gasteiger partial charge in [0.05, 0.1) is 17.1 Å². The summed E-state index contributed by atoms with van der Waals surface area (Å²) >= 11 is 0. The number of rotatable bonds is 4. The second-order valence-corrected chi connectivity index (χ2v) is 5.49. The van der Waals surface area contributed by atoms with Gasteiger partial charge in [0.2, 0.25) is 10.0 Å². The van der Waals surface area contributed by atoms with Crippen LogP contribution in [0.4, 0.5) is 5.82 Å². The summed E-state index contributed by atoms with van der Waals surface area (Å²) in [6.07, 6.45) is 3.10. The summed E-state index contributed by atoms with van der Waals surface area (Å²) in [5, 5.41) is 4.08. The highest BCUT2D eigenvalue weighted by Gasteiger charge is 2.14. The zero-order chi connectivity index (χ0) is 13.2. The molecule has 0 unspecified atom stereocenters. The van der Waals surface area contributed by atoms with Crippen LogP contribution in [0.5, 0.6) is 0 Å². The summed E-state index contributed by atoms with van der Waals surface area (Å²) in [6.45, 7) is 0.130. The number of nitrogens with two attached hydrogens (primary N) is 1. The summed E-state index contributed by atoms with van der Waals surface area (Å²) in [6, 6.07) is 4.43. The molecule has 0 aliphatic carbocycles. The number of nitrogen functional groups attached to an aromatic ring is 1. The van der Waals surface area contributed by atoms with Gasteiger partial charge in [-0.05, 0) is 12.1 Å². The predicted octanol–water partition coefficient (Wildman–Crippen LogP) is -0.124.